The zero-order chi connectivity index (χ0) is 15.4. The van der Waals surface area contributed by atoms with Gasteiger partial charge in [0.05, 0.1) is 5.02 Å². The molecule has 3 rings (SSSR count). The Morgan fingerprint density at radius 1 is 1.23 bits per heavy atom. The summed E-state index contributed by atoms with van der Waals surface area (Å²) < 4.78 is 19.4. The number of ether oxygens (including phenoxy) is 1. The maximum Gasteiger partial charge on any atom is 0.213 e. The second-order valence-electron chi connectivity index (χ2n) is 5.46. The van der Waals surface area contributed by atoms with E-state index >= 15 is 0 Å². The molecule has 1 aliphatic rings. The lowest BCUT2D eigenvalue weighted by molar-refractivity contribution is 0.155. The van der Waals surface area contributed by atoms with Crippen LogP contribution in [0.15, 0.2) is 36.4 Å². The van der Waals surface area contributed by atoms with Gasteiger partial charge in [-0.1, -0.05) is 23.7 Å². The lowest BCUT2D eigenvalue weighted by Crippen LogP contribution is -2.34. The monoisotopic (exact) mass is 320 g/mol. The molecule has 0 aliphatic carbocycles. The minimum Gasteiger partial charge on any atom is -0.474 e. The van der Waals surface area contributed by atoms with Crippen LogP contribution in [-0.4, -0.2) is 24.2 Å². The van der Waals surface area contributed by atoms with Gasteiger partial charge in [-0.3, -0.25) is 0 Å². The van der Waals surface area contributed by atoms with Crippen molar-refractivity contribution in [2.75, 3.05) is 13.1 Å². The molecular weight excluding hydrogens is 303 g/mol. The summed E-state index contributed by atoms with van der Waals surface area (Å²) in [5.41, 5.74) is 1.70. The van der Waals surface area contributed by atoms with Gasteiger partial charge in [0.1, 0.15) is 11.9 Å². The molecule has 1 aromatic heterocycles. The van der Waals surface area contributed by atoms with Gasteiger partial charge in [-0.05, 0) is 49.7 Å². The van der Waals surface area contributed by atoms with Crippen molar-refractivity contribution in [3.8, 4) is 5.88 Å². The van der Waals surface area contributed by atoms with Crippen LogP contribution in [0.1, 0.15) is 24.1 Å². The van der Waals surface area contributed by atoms with Gasteiger partial charge in [-0.25, -0.2) is 9.37 Å². The third-order valence-corrected chi connectivity index (χ3v) is 4.03. The van der Waals surface area contributed by atoms with Crippen molar-refractivity contribution < 1.29 is 9.13 Å². The van der Waals surface area contributed by atoms with Gasteiger partial charge >= 0.3 is 0 Å². The van der Waals surface area contributed by atoms with Crippen molar-refractivity contribution in [1.82, 2.24) is 10.3 Å². The van der Waals surface area contributed by atoms with E-state index in [1.54, 1.807) is 6.07 Å². The Morgan fingerprint density at radius 2 is 2.05 bits per heavy atom. The molecule has 1 N–H and O–H groups in total. The summed E-state index contributed by atoms with van der Waals surface area (Å²) in [5, 5.41) is 3.45. The molecular formula is C17H18ClFN2O. The van der Waals surface area contributed by atoms with E-state index in [1.807, 2.05) is 24.3 Å². The summed E-state index contributed by atoms with van der Waals surface area (Å²) in [6, 6.07) is 10.5. The Morgan fingerprint density at radius 3 is 2.82 bits per heavy atom. The highest BCUT2D eigenvalue weighted by atomic mass is 35.5. The second-order valence-corrected chi connectivity index (χ2v) is 5.87. The van der Waals surface area contributed by atoms with Gasteiger partial charge in [0, 0.05) is 18.2 Å². The molecule has 0 atom stereocenters. The van der Waals surface area contributed by atoms with E-state index in [0.29, 0.717) is 12.3 Å². The standard InChI is InChI=1S/C17H18ClFN2O/c18-15-5-4-12(11-16(15)19)10-13-2-1-3-17(21-13)22-14-6-8-20-9-7-14/h1-5,11,14,20H,6-10H2. The summed E-state index contributed by atoms with van der Waals surface area (Å²) in [6.07, 6.45) is 2.76. The van der Waals surface area contributed by atoms with Gasteiger partial charge in [0.2, 0.25) is 5.88 Å². The molecule has 22 heavy (non-hydrogen) atoms. The average molecular weight is 321 g/mol. The van der Waals surface area contributed by atoms with E-state index < -0.39 is 5.82 Å². The average Bonchev–Trinajstić information content (AvgIpc) is 2.52. The SMILES string of the molecule is Fc1cc(Cc2cccc(OC3CCNCC3)n2)ccc1Cl. The van der Waals surface area contributed by atoms with E-state index in [0.717, 1.165) is 37.2 Å². The van der Waals surface area contributed by atoms with Crippen LogP contribution in [0.3, 0.4) is 0 Å². The quantitative estimate of drug-likeness (QED) is 0.934. The van der Waals surface area contributed by atoms with Crippen LogP contribution in [0.2, 0.25) is 5.02 Å². The van der Waals surface area contributed by atoms with Gasteiger partial charge < -0.3 is 10.1 Å². The molecule has 1 aromatic carbocycles. The number of hydrogen-bond donors (Lipinski definition) is 1. The maximum absolute atomic E-state index is 13.5. The predicted octanol–water partition coefficient (Wildman–Crippen LogP) is 3.60. The van der Waals surface area contributed by atoms with Gasteiger partial charge in [0.15, 0.2) is 0 Å². The van der Waals surface area contributed by atoms with Crippen LogP contribution < -0.4 is 10.1 Å². The topological polar surface area (TPSA) is 34.1 Å². The van der Waals surface area contributed by atoms with E-state index in [9.17, 15) is 4.39 Å². The number of hydrogen-bond acceptors (Lipinski definition) is 3. The molecule has 116 valence electrons. The number of pyridine rings is 1. The Kier molecular flexibility index (Phi) is 4.90. The highest BCUT2D eigenvalue weighted by Crippen LogP contribution is 2.19. The molecule has 0 radical (unpaired) electrons. The van der Waals surface area contributed by atoms with Crippen molar-refractivity contribution in [2.24, 2.45) is 0 Å². The third kappa shape index (κ3) is 3.96. The number of halogens is 2. The van der Waals surface area contributed by atoms with Crippen LogP contribution in [0, 0.1) is 5.82 Å². The smallest absolute Gasteiger partial charge is 0.213 e. The number of nitrogens with zero attached hydrogens (tertiary/aromatic N) is 1. The summed E-state index contributed by atoms with van der Waals surface area (Å²) in [7, 11) is 0. The molecule has 5 heteroatoms. The van der Waals surface area contributed by atoms with E-state index in [2.05, 4.69) is 10.3 Å². The van der Waals surface area contributed by atoms with Crippen LogP contribution in [0.25, 0.3) is 0 Å². The number of benzene rings is 1. The first-order valence-electron chi connectivity index (χ1n) is 7.48. The van der Waals surface area contributed by atoms with Crippen molar-refractivity contribution in [3.05, 3.63) is 58.5 Å². The van der Waals surface area contributed by atoms with Crippen LogP contribution >= 0.6 is 11.6 Å². The molecule has 1 aliphatic heterocycles. The van der Waals surface area contributed by atoms with Crippen LogP contribution in [0.4, 0.5) is 4.39 Å². The van der Waals surface area contributed by atoms with Gasteiger partial charge in [-0.2, -0.15) is 0 Å². The first-order valence-corrected chi connectivity index (χ1v) is 7.86. The number of nitrogens with one attached hydrogen (secondary N) is 1. The first kappa shape index (κ1) is 15.3. The fourth-order valence-electron chi connectivity index (χ4n) is 2.56. The van der Waals surface area contributed by atoms with Gasteiger partial charge in [-0.15, -0.1) is 0 Å². The Bertz CT molecular complexity index is 644. The normalized spacial score (nSPS) is 15.7. The van der Waals surface area contributed by atoms with Crippen molar-refractivity contribution >= 4 is 11.6 Å². The third-order valence-electron chi connectivity index (χ3n) is 3.72. The predicted molar refractivity (Wildman–Crippen MR) is 85.0 cm³/mol. The molecule has 0 amide bonds. The molecule has 0 spiro atoms. The number of piperidine rings is 1. The van der Waals surface area contributed by atoms with Crippen LogP contribution in [0.5, 0.6) is 5.88 Å². The largest absolute Gasteiger partial charge is 0.474 e. The Balaban J connectivity index is 1.68. The summed E-state index contributed by atoms with van der Waals surface area (Å²) >= 11 is 5.70. The summed E-state index contributed by atoms with van der Waals surface area (Å²) in [5.74, 6) is 0.236. The van der Waals surface area contributed by atoms with Crippen molar-refractivity contribution in [2.45, 2.75) is 25.4 Å². The fourth-order valence-corrected chi connectivity index (χ4v) is 2.68. The minimum atomic E-state index is -0.402. The molecule has 0 unspecified atom stereocenters. The molecule has 0 bridgehead atoms. The minimum absolute atomic E-state index is 0.139. The van der Waals surface area contributed by atoms with Crippen molar-refractivity contribution in [1.29, 1.82) is 0 Å². The van der Waals surface area contributed by atoms with Crippen molar-refractivity contribution in [3.63, 3.8) is 0 Å². The summed E-state index contributed by atoms with van der Waals surface area (Å²) in [4.78, 5) is 4.52. The Hall–Kier alpha value is -1.65. The highest BCUT2D eigenvalue weighted by Gasteiger charge is 2.15. The zero-order valence-electron chi connectivity index (χ0n) is 12.2. The lowest BCUT2D eigenvalue weighted by Gasteiger charge is -2.23. The summed E-state index contributed by atoms with van der Waals surface area (Å²) in [6.45, 7) is 1.96. The second kappa shape index (κ2) is 7.07. The number of rotatable bonds is 4. The van der Waals surface area contributed by atoms with E-state index in [1.165, 1.54) is 6.07 Å². The molecule has 3 nitrogen and oxygen atoms in total. The molecule has 2 heterocycles. The number of aromatic nitrogens is 1. The molecule has 1 saturated heterocycles. The zero-order valence-corrected chi connectivity index (χ0v) is 12.9. The fraction of sp³-hybridized carbons (Fsp3) is 0.353. The molecule has 2 aromatic rings. The van der Waals surface area contributed by atoms with Gasteiger partial charge in [0.25, 0.3) is 0 Å². The molecule has 1 fully saturated rings. The lowest BCUT2D eigenvalue weighted by atomic mass is 10.1. The Labute approximate surface area is 134 Å². The first-order chi connectivity index (χ1) is 10.7. The highest BCUT2D eigenvalue weighted by molar-refractivity contribution is 6.30. The maximum atomic E-state index is 13.5. The van der Waals surface area contributed by atoms with E-state index in [4.69, 9.17) is 16.3 Å². The van der Waals surface area contributed by atoms with E-state index in [-0.39, 0.29) is 11.1 Å². The van der Waals surface area contributed by atoms with Crippen LogP contribution in [-0.2, 0) is 6.42 Å². The molecule has 0 saturated carbocycles.